The molecule has 4 N–H and O–H groups in total. The molecule has 0 bridgehead atoms. The van der Waals surface area contributed by atoms with Gasteiger partial charge in [0.15, 0.2) is 17.7 Å². The highest BCUT2D eigenvalue weighted by molar-refractivity contribution is 6.00. The number of nitrogens with one attached hydrogen (secondary N) is 1. The molecule has 13 atom stereocenters. The number of anilines is 1. The molecule has 1 aromatic carbocycles. The zero-order valence-corrected chi connectivity index (χ0v) is 37.2. The first-order valence-corrected chi connectivity index (χ1v) is 21.9. The average Bonchev–Trinajstić information content (AvgIpc) is 4.00. The lowest BCUT2D eigenvalue weighted by atomic mass is 9.78. The number of cyclic esters (lactones) is 1. The number of aliphatic hydroxyl groups is 1. The molecule has 6 rings (SSSR count). The standard InChI is InChI=1S/C45H67N7O9/c1-10-36-45(8)39(52(43(56)61-45)21-14-13-20-51-26-34(48-49-51)32-16-15-17-33(46)23-32)31(6)47-25-27(2)24-44(7,57-9)40(29(4)37(53)30(5)41(55)59-36)60-42-38(54)35(22-28(3)58-42)50-18-11-12-19-50/h11-12,15-19,23,26-31,35-36,38-40,42,47,54H,10,13-14,20-22,24-25,46H2,1-9H3/t27-,28?,29+,30-,31-,35?,36-,38?,39-,40-,42+,44-,45-/m1/s1. The van der Waals surface area contributed by atoms with E-state index < -0.39 is 71.5 Å². The van der Waals surface area contributed by atoms with Gasteiger partial charge in [0.2, 0.25) is 0 Å². The molecule has 5 heterocycles. The Bertz CT molecular complexity index is 1940. The summed E-state index contributed by atoms with van der Waals surface area (Å²) in [6.45, 7) is 16.4. The summed E-state index contributed by atoms with van der Waals surface area (Å²) in [5.74, 6) is -3.21. The SMILES string of the molecule is CC[C@H]1OC(=O)[C@H](C)C(=O)[C@H](C)[C@@H](O[C@@H]2OC(C)CC(n3cccc3)C2O)[C@](C)(OC)C[C@@H](C)CN[C@H](C)[C@H]2N(CCCCn3cc(-c4cccc(N)c4)nn3)C(=O)O[C@]12C. The molecule has 0 aliphatic carbocycles. The summed E-state index contributed by atoms with van der Waals surface area (Å²) < 4.78 is 35.4. The molecule has 3 aromatic rings. The molecule has 0 radical (unpaired) electrons. The van der Waals surface area contributed by atoms with Crippen molar-refractivity contribution in [1.82, 2.24) is 29.8 Å². The van der Waals surface area contributed by atoms with E-state index in [1.54, 1.807) is 23.6 Å². The van der Waals surface area contributed by atoms with Crippen LogP contribution in [-0.2, 0) is 39.8 Å². The molecule has 16 nitrogen and oxygen atoms in total. The lowest BCUT2D eigenvalue weighted by molar-refractivity contribution is -0.294. The smallest absolute Gasteiger partial charge is 0.410 e. The number of hydrogen-bond donors (Lipinski definition) is 3. The van der Waals surface area contributed by atoms with Crippen molar-refractivity contribution < 1.29 is 43.2 Å². The summed E-state index contributed by atoms with van der Waals surface area (Å²) in [5, 5.41) is 24.0. The maximum atomic E-state index is 14.5. The number of Topliss-reactive ketones (excluding diaryl/α,β-unsaturated/α-hetero) is 1. The molecule has 0 spiro atoms. The summed E-state index contributed by atoms with van der Waals surface area (Å²) in [7, 11) is 1.59. The van der Waals surface area contributed by atoms with Gasteiger partial charge in [-0.2, -0.15) is 0 Å². The molecule has 61 heavy (non-hydrogen) atoms. The second-order valence-electron chi connectivity index (χ2n) is 18.0. The van der Waals surface area contributed by atoms with Crippen molar-refractivity contribution >= 4 is 23.5 Å². The molecule has 3 unspecified atom stereocenters. The number of methoxy groups -OCH3 is 1. The van der Waals surface area contributed by atoms with E-state index >= 15 is 0 Å². The fourth-order valence-corrected chi connectivity index (χ4v) is 9.80. The van der Waals surface area contributed by atoms with Crippen molar-refractivity contribution in [3.8, 4) is 11.3 Å². The fraction of sp³-hybridized carbons (Fsp3) is 0.667. The molecule has 0 saturated carbocycles. The molecular formula is C45H67N7O9. The van der Waals surface area contributed by atoms with Gasteiger partial charge in [-0.05, 0) is 103 Å². The van der Waals surface area contributed by atoms with E-state index in [0.29, 0.717) is 57.4 Å². The fourth-order valence-electron chi connectivity index (χ4n) is 9.80. The average molecular weight is 850 g/mol. The quantitative estimate of drug-likeness (QED) is 0.0963. The second-order valence-corrected chi connectivity index (χ2v) is 18.0. The number of ketones is 1. The molecule has 336 valence electrons. The van der Waals surface area contributed by atoms with Crippen LogP contribution in [-0.4, -0.2) is 122 Å². The summed E-state index contributed by atoms with van der Waals surface area (Å²) in [4.78, 5) is 44.1. The van der Waals surface area contributed by atoms with Gasteiger partial charge in [0, 0.05) is 55.8 Å². The number of aliphatic hydroxyl groups excluding tert-OH is 1. The maximum Gasteiger partial charge on any atom is 0.410 e. The van der Waals surface area contributed by atoms with Gasteiger partial charge in [-0.25, -0.2) is 4.79 Å². The summed E-state index contributed by atoms with van der Waals surface area (Å²) in [6.07, 6.45) is 3.78. The van der Waals surface area contributed by atoms with E-state index in [1.165, 1.54) is 6.92 Å². The number of nitrogen functional groups attached to an aromatic ring is 1. The van der Waals surface area contributed by atoms with Crippen LogP contribution in [0.2, 0.25) is 0 Å². The van der Waals surface area contributed by atoms with Crippen LogP contribution >= 0.6 is 0 Å². The number of benzene rings is 1. The number of hydrogen-bond acceptors (Lipinski definition) is 13. The van der Waals surface area contributed by atoms with Crippen molar-refractivity contribution in [2.24, 2.45) is 17.8 Å². The minimum Gasteiger partial charge on any atom is -0.458 e. The van der Waals surface area contributed by atoms with Gasteiger partial charge in [0.25, 0.3) is 0 Å². The first kappa shape index (κ1) is 46.2. The number of aryl methyl sites for hydroxylation is 1. The third-order valence-electron chi connectivity index (χ3n) is 13.2. The Morgan fingerprint density at radius 1 is 1.03 bits per heavy atom. The highest BCUT2D eigenvalue weighted by Crippen LogP contribution is 2.41. The van der Waals surface area contributed by atoms with Crippen LogP contribution < -0.4 is 11.1 Å². The number of unbranched alkanes of at least 4 members (excludes halogenated alkanes) is 1. The monoisotopic (exact) mass is 850 g/mol. The van der Waals surface area contributed by atoms with E-state index in [1.807, 2.05) is 94.2 Å². The van der Waals surface area contributed by atoms with Gasteiger partial charge in [0.1, 0.15) is 23.8 Å². The molecule has 3 saturated heterocycles. The lowest BCUT2D eigenvalue weighted by Crippen LogP contribution is -2.61. The van der Waals surface area contributed by atoms with E-state index in [2.05, 4.69) is 22.6 Å². The van der Waals surface area contributed by atoms with Crippen LogP contribution in [0.25, 0.3) is 11.3 Å². The minimum atomic E-state index is -1.24. The largest absolute Gasteiger partial charge is 0.458 e. The number of nitrogens with two attached hydrogens (primary N) is 1. The first-order chi connectivity index (χ1) is 29.0. The van der Waals surface area contributed by atoms with Crippen molar-refractivity contribution in [2.75, 3.05) is 25.9 Å². The van der Waals surface area contributed by atoms with Crippen molar-refractivity contribution in [1.29, 1.82) is 0 Å². The number of carbonyl (C=O) groups excluding carboxylic acids is 3. The van der Waals surface area contributed by atoms with Crippen LogP contribution in [0.4, 0.5) is 10.5 Å². The highest BCUT2D eigenvalue weighted by atomic mass is 16.7. The Hall–Kier alpha value is -4.35. The summed E-state index contributed by atoms with van der Waals surface area (Å²) in [5.41, 5.74) is 5.93. The number of esters is 1. The van der Waals surface area contributed by atoms with E-state index in [0.717, 1.165) is 11.3 Å². The molecule has 2 aromatic heterocycles. The van der Waals surface area contributed by atoms with Gasteiger partial charge < -0.3 is 44.4 Å². The molecule has 3 fully saturated rings. The third-order valence-corrected chi connectivity index (χ3v) is 13.2. The molecular weight excluding hydrogens is 783 g/mol. The summed E-state index contributed by atoms with van der Waals surface area (Å²) in [6, 6.07) is 10.2. The number of carbonyl (C=O) groups is 3. The number of nitrogens with zero attached hydrogens (tertiary/aromatic N) is 5. The van der Waals surface area contributed by atoms with E-state index in [-0.39, 0.29) is 24.1 Å². The number of fused-ring (bicyclic) bond motifs is 1. The van der Waals surface area contributed by atoms with Crippen molar-refractivity contribution in [3.05, 3.63) is 55.0 Å². The number of ether oxygens (including phenoxy) is 5. The highest BCUT2D eigenvalue weighted by Gasteiger charge is 2.58. The predicted octanol–water partition coefficient (Wildman–Crippen LogP) is 5.40. The van der Waals surface area contributed by atoms with Crippen molar-refractivity contribution in [3.63, 3.8) is 0 Å². The predicted molar refractivity (Wildman–Crippen MR) is 228 cm³/mol. The molecule has 1 amide bonds. The second kappa shape index (κ2) is 19.4. The Labute approximate surface area is 359 Å². The maximum absolute atomic E-state index is 14.5. The zero-order valence-electron chi connectivity index (χ0n) is 37.2. The van der Waals surface area contributed by atoms with Crippen LogP contribution in [0, 0.1) is 17.8 Å². The molecule has 3 aliphatic rings. The van der Waals surface area contributed by atoms with Crippen LogP contribution in [0.1, 0.15) is 93.5 Å². The van der Waals surface area contributed by atoms with Crippen LogP contribution in [0.5, 0.6) is 0 Å². The zero-order chi connectivity index (χ0) is 44.2. The topological polar surface area (TPSA) is 195 Å². The first-order valence-electron chi connectivity index (χ1n) is 21.9. The van der Waals surface area contributed by atoms with Crippen LogP contribution in [0.15, 0.2) is 55.0 Å². The number of amides is 1. The van der Waals surface area contributed by atoms with Gasteiger partial charge in [0.05, 0.1) is 36.1 Å². The molecule has 3 aliphatic heterocycles. The van der Waals surface area contributed by atoms with Gasteiger partial charge in [-0.15, -0.1) is 5.10 Å². The Balaban J connectivity index is 1.22. The minimum absolute atomic E-state index is 0.0235. The van der Waals surface area contributed by atoms with Gasteiger partial charge in [-0.3, -0.25) is 19.2 Å². The van der Waals surface area contributed by atoms with Gasteiger partial charge >= 0.3 is 12.1 Å². The Morgan fingerprint density at radius 3 is 2.44 bits per heavy atom. The van der Waals surface area contributed by atoms with Gasteiger partial charge in [-0.1, -0.05) is 38.1 Å². The molecule has 16 heteroatoms. The number of aromatic nitrogens is 4. The number of rotatable bonds is 11. The van der Waals surface area contributed by atoms with Crippen LogP contribution in [0.3, 0.4) is 0 Å². The van der Waals surface area contributed by atoms with Crippen molar-refractivity contribution in [2.45, 2.75) is 154 Å². The normalized spacial score (nSPS) is 35.5. The summed E-state index contributed by atoms with van der Waals surface area (Å²) >= 11 is 0. The van der Waals surface area contributed by atoms with E-state index in [4.69, 9.17) is 29.4 Å². The Morgan fingerprint density at radius 2 is 1.75 bits per heavy atom. The Kier molecular flexibility index (Phi) is 14.7. The lowest BCUT2D eigenvalue weighted by Gasteiger charge is -2.46. The van der Waals surface area contributed by atoms with E-state index in [9.17, 15) is 19.5 Å². The third kappa shape index (κ3) is 9.99.